The van der Waals surface area contributed by atoms with Crippen molar-refractivity contribution in [1.82, 2.24) is 14.8 Å². The van der Waals surface area contributed by atoms with Gasteiger partial charge in [-0.1, -0.05) is 11.6 Å². The van der Waals surface area contributed by atoms with E-state index in [1.165, 1.54) is 4.57 Å². The summed E-state index contributed by atoms with van der Waals surface area (Å²) in [6.45, 7) is 5.53. The van der Waals surface area contributed by atoms with Crippen molar-refractivity contribution < 1.29 is 8.42 Å². The molecule has 1 aromatic carbocycles. The average molecular weight is 413 g/mol. The number of aromatic nitrogens is 3. The van der Waals surface area contributed by atoms with Crippen molar-refractivity contribution in [2.24, 2.45) is 0 Å². The monoisotopic (exact) mass is 411 g/mol. The molecule has 9 heteroatoms. The van der Waals surface area contributed by atoms with Crippen LogP contribution >= 0.6 is 38.2 Å². The fourth-order valence-corrected chi connectivity index (χ4v) is 3.75. The number of rotatable bonds is 2. The molecule has 21 heavy (non-hydrogen) atoms. The molecule has 0 spiro atoms. The van der Waals surface area contributed by atoms with Gasteiger partial charge in [0.1, 0.15) is 0 Å². The summed E-state index contributed by atoms with van der Waals surface area (Å²) in [6, 6.07) is 5.13. The van der Waals surface area contributed by atoms with E-state index in [0.29, 0.717) is 20.9 Å². The van der Waals surface area contributed by atoms with Crippen LogP contribution in [-0.4, -0.2) is 23.2 Å². The highest BCUT2D eigenvalue weighted by Crippen LogP contribution is 2.34. The highest BCUT2D eigenvalue weighted by Gasteiger charge is 2.30. The second kappa shape index (κ2) is 5.53. The largest absolute Gasteiger partial charge is 0.296 e. The summed E-state index contributed by atoms with van der Waals surface area (Å²) in [7, 11) is 1.45. The first-order valence-corrected chi connectivity index (χ1v) is 9.36. The van der Waals surface area contributed by atoms with Gasteiger partial charge in [-0.2, -0.15) is 0 Å². The van der Waals surface area contributed by atoms with Crippen LogP contribution in [0.1, 0.15) is 20.8 Å². The summed E-state index contributed by atoms with van der Waals surface area (Å²) < 4.78 is 25.6. The molecule has 0 aliphatic rings. The predicted molar refractivity (Wildman–Crippen MR) is 86.2 cm³/mol. The van der Waals surface area contributed by atoms with Crippen LogP contribution in [0.25, 0.3) is 11.4 Å². The topological polar surface area (TPSA) is 64.8 Å². The summed E-state index contributed by atoms with van der Waals surface area (Å²) in [5.41, 5.74) is 0.100. The fourth-order valence-electron chi connectivity index (χ4n) is 1.88. The van der Waals surface area contributed by atoms with Crippen LogP contribution in [0, 0.1) is 0 Å². The Hall–Kier alpha value is -0.630. The Bertz CT molecular complexity index is 797. The lowest BCUT2D eigenvalue weighted by Gasteiger charge is -2.24. The molecular weight excluding hydrogens is 401 g/mol. The Morgan fingerprint density at radius 1 is 1.24 bits per heavy atom. The molecule has 0 radical (unpaired) electrons. The molecule has 2 rings (SSSR count). The van der Waals surface area contributed by atoms with Crippen molar-refractivity contribution in [3.05, 3.63) is 27.7 Å². The van der Waals surface area contributed by atoms with Crippen LogP contribution in [0.15, 0.2) is 27.8 Å². The Balaban J connectivity index is 2.80. The van der Waals surface area contributed by atoms with Gasteiger partial charge in [-0.05, 0) is 54.9 Å². The van der Waals surface area contributed by atoms with Crippen molar-refractivity contribution in [3.8, 4) is 11.4 Å². The molecule has 0 amide bonds. The lowest BCUT2D eigenvalue weighted by molar-refractivity contribution is 0.367. The maximum absolute atomic E-state index is 11.7. The number of benzene rings is 1. The Morgan fingerprint density at radius 3 is 2.33 bits per heavy atom. The molecule has 2 aromatic rings. The first-order valence-electron chi connectivity index (χ1n) is 5.88. The number of halogens is 3. The SMILES string of the molecule is CC(C)(C)n1c(-c2ccc(Cl)cc2Br)nnc1S(=O)(=O)Cl. The Morgan fingerprint density at radius 2 is 1.86 bits per heavy atom. The molecule has 0 saturated heterocycles. The summed E-state index contributed by atoms with van der Waals surface area (Å²) in [6.07, 6.45) is 0. The van der Waals surface area contributed by atoms with E-state index in [-0.39, 0.29) is 5.16 Å². The number of nitrogens with zero attached hydrogens (tertiary/aromatic N) is 3. The van der Waals surface area contributed by atoms with Gasteiger partial charge in [0.2, 0.25) is 0 Å². The normalized spacial score (nSPS) is 12.7. The molecule has 0 saturated carbocycles. The minimum absolute atomic E-state index is 0.284. The number of hydrogen-bond acceptors (Lipinski definition) is 4. The van der Waals surface area contributed by atoms with Crippen LogP contribution in [0.4, 0.5) is 0 Å². The first kappa shape index (κ1) is 16.7. The summed E-state index contributed by atoms with van der Waals surface area (Å²) in [5, 5.41) is 7.99. The summed E-state index contributed by atoms with van der Waals surface area (Å²) in [5.74, 6) is 0.394. The van der Waals surface area contributed by atoms with Gasteiger partial charge >= 0.3 is 0 Å². The van der Waals surface area contributed by atoms with E-state index in [1.807, 2.05) is 20.8 Å². The van der Waals surface area contributed by atoms with Crippen LogP contribution in [0.2, 0.25) is 5.02 Å². The van der Waals surface area contributed by atoms with E-state index in [1.54, 1.807) is 18.2 Å². The highest BCUT2D eigenvalue weighted by atomic mass is 79.9. The van der Waals surface area contributed by atoms with Crippen molar-refractivity contribution in [1.29, 1.82) is 0 Å². The van der Waals surface area contributed by atoms with Gasteiger partial charge in [-0.25, -0.2) is 8.42 Å². The molecule has 0 N–H and O–H groups in total. The fraction of sp³-hybridized carbons (Fsp3) is 0.333. The molecule has 0 unspecified atom stereocenters. The van der Waals surface area contributed by atoms with Crippen molar-refractivity contribution >= 4 is 47.3 Å². The molecule has 0 bridgehead atoms. The maximum atomic E-state index is 11.7. The van der Waals surface area contributed by atoms with Gasteiger partial charge in [0.25, 0.3) is 14.2 Å². The third-order valence-corrected chi connectivity index (χ3v) is 4.70. The van der Waals surface area contributed by atoms with Gasteiger partial charge in [-0.15, -0.1) is 10.2 Å². The molecular formula is C12H12BrCl2N3O2S. The first-order chi connectivity index (χ1) is 9.51. The minimum atomic E-state index is -4.00. The molecule has 114 valence electrons. The zero-order chi connectivity index (χ0) is 16.0. The predicted octanol–water partition coefficient (Wildman–Crippen LogP) is 4.04. The third kappa shape index (κ3) is 3.41. The van der Waals surface area contributed by atoms with Gasteiger partial charge in [0.05, 0.1) is 0 Å². The van der Waals surface area contributed by atoms with Gasteiger partial charge in [-0.3, -0.25) is 4.57 Å². The minimum Gasteiger partial charge on any atom is -0.291 e. The van der Waals surface area contributed by atoms with Crippen LogP contribution < -0.4 is 0 Å². The highest BCUT2D eigenvalue weighted by molar-refractivity contribution is 9.10. The third-order valence-electron chi connectivity index (χ3n) is 2.69. The molecule has 5 nitrogen and oxygen atoms in total. The molecule has 0 fully saturated rings. The lowest BCUT2D eigenvalue weighted by Crippen LogP contribution is -2.26. The van der Waals surface area contributed by atoms with E-state index in [0.717, 1.165) is 0 Å². The molecule has 1 heterocycles. The van der Waals surface area contributed by atoms with E-state index in [9.17, 15) is 8.42 Å². The van der Waals surface area contributed by atoms with Crippen molar-refractivity contribution in [3.63, 3.8) is 0 Å². The second-order valence-corrected chi connectivity index (χ2v) is 9.12. The zero-order valence-electron chi connectivity index (χ0n) is 11.4. The van der Waals surface area contributed by atoms with Gasteiger partial charge in [0, 0.05) is 31.3 Å². The summed E-state index contributed by atoms with van der Waals surface area (Å²) in [4.78, 5) is 0. The van der Waals surface area contributed by atoms with Crippen LogP contribution in [0.3, 0.4) is 0 Å². The van der Waals surface area contributed by atoms with Crippen LogP contribution in [-0.2, 0) is 14.6 Å². The van der Waals surface area contributed by atoms with Crippen molar-refractivity contribution in [2.45, 2.75) is 31.5 Å². The quantitative estimate of drug-likeness (QED) is 0.698. The molecule has 0 atom stereocenters. The van der Waals surface area contributed by atoms with Crippen molar-refractivity contribution in [2.75, 3.05) is 0 Å². The molecule has 0 aliphatic carbocycles. The van der Waals surface area contributed by atoms with Crippen LogP contribution in [0.5, 0.6) is 0 Å². The average Bonchev–Trinajstić information content (AvgIpc) is 2.72. The van der Waals surface area contributed by atoms with E-state index in [4.69, 9.17) is 22.3 Å². The van der Waals surface area contributed by atoms with E-state index >= 15 is 0 Å². The maximum Gasteiger partial charge on any atom is 0.296 e. The smallest absolute Gasteiger partial charge is 0.291 e. The van der Waals surface area contributed by atoms with Gasteiger partial charge < -0.3 is 0 Å². The van der Waals surface area contributed by atoms with Gasteiger partial charge in [0.15, 0.2) is 5.82 Å². The molecule has 1 aromatic heterocycles. The molecule has 0 aliphatic heterocycles. The Kier molecular flexibility index (Phi) is 4.41. The van der Waals surface area contributed by atoms with E-state index in [2.05, 4.69) is 26.1 Å². The lowest BCUT2D eigenvalue weighted by atomic mass is 10.1. The summed E-state index contributed by atoms with van der Waals surface area (Å²) >= 11 is 9.32. The standard InChI is InChI=1S/C12H12BrCl2N3O2S/c1-12(2,3)18-10(16-17-11(18)21(15,19)20)8-5-4-7(14)6-9(8)13/h4-6H,1-3H3. The van der Waals surface area contributed by atoms with E-state index < -0.39 is 14.6 Å². The second-order valence-electron chi connectivity index (χ2n) is 5.37. The number of hydrogen-bond donors (Lipinski definition) is 0. The Labute approximate surface area is 140 Å². The zero-order valence-corrected chi connectivity index (χ0v) is 15.3.